The summed E-state index contributed by atoms with van der Waals surface area (Å²) in [6.07, 6.45) is 5.27. The summed E-state index contributed by atoms with van der Waals surface area (Å²) in [6.45, 7) is 2.30. The second-order valence-corrected chi connectivity index (χ2v) is 11.6. The molecule has 0 saturated carbocycles. The molecule has 0 aliphatic carbocycles. The van der Waals surface area contributed by atoms with Gasteiger partial charge in [0.1, 0.15) is 0 Å². The van der Waals surface area contributed by atoms with Gasteiger partial charge in [0.25, 0.3) is 5.91 Å². The Morgan fingerprint density at radius 1 is 0.909 bits per heavy atom. The van der Waals surface area contributed by atoms with Crippen molar-refractivity contribution in [3.8, 4) is 11.1 Å². The monoisotopic (exact) mass is 593 g/mol. The number of amides is 1. The summed E-state index contributed by atoms with van der Waals surface area (Å²) < 4.78 is 13.1. The van der Waals surface area contributed by atoms with Crippen LogP contribution in [-0.2, 0) is 22.6 Å². The summed E-state index contributed by atoms with van der Waals surface area (Å²) in [5.41, 5.74) is 6.52. The number of carbonyl (C=O) groups excluding carboxylic acids is 1. The van der Waals surface area contributed by atoms with Crippen LogP contribution in [0.4, 0.5) is 0 Å². The third-order valence-electron chi connectivity index (χ3n) is 8.58. The van der Waals surface area contributed by atoms with Gasteiger partial charge in [-0.2, -0.15) is 0 Å². The Morgan fingerprint density at radius 2 is 1.73 bits per heavy atom. The largest absolute Gasteiger partial charge is 0.395 e. The molecule has 2 aliphatic heterocycles. The zero-order valence-corrected chi connectivity index (χ0v) is 24.7. The second kappa shape index (κ2) is 14.2. The number of hydrogen-bond acceptors (Lipinski definition) is 7. The molecule has 4 atom stereocenters. The predicted octanol–water partition coefficient (Wildman–Crippen LogP) is 5.17. The third kappa shape index (κ3) is 7.23. The van der Waals surface area contributed by atoms with E-state index in [1.807, 2.05) is 36.4 Å². The van der Waals surface area contributed by atoms with E-state index in [-0.39, 0.29) is 37.4 Å². The highest BCUT2D eigenvalue weighted by atomic mass is 16.7. The van der Waals surface area contributed by atoms with Crippen LogP contribution < -0.4 is 5.32 Å². The van der Waals surface area contributed by atoms with Crippen molar-refractivity contribution in [3.05, 3.63) is 125 Å². The molecule has 44 heavy (non-hydrogen) atoms. The highest BCUT2D eigenvalue weighted by Gasteiger charge is 2.35. The van der Waals surface area contributed by atoms with Crippen molar-refractivity contribution in [1.29, 1.82) is 0 Å². The average molecular weight is 594 g/mol. The van der Waals surface area contributed by atoms with Gasteiger partial charge in [-0.05, 0) is 65.4 Å². The van der Waals surface area contributed by atoms with Crippen molar-refractivity contribution >= 4 is 5.91 Å². The first kappa shape index (κ1) is 30.1. The Labute approximate surface area is 258 Å². The van der Waals surface area contributed by atoms with Gasteiger partial charge in [-0.3, -0.25) is 14.7 Å². The fraction of sp³-hybridized carbons (Fsp3) is 0.333. The summed E-state index contributed by atoms with van der Waals surface area (Å²) in [6, 6.07) is 28.0. The molecule has 8 nitrogen and oxygen atoms in total. The molecule has 6 rings (SSSR count). The van der Waals surface area contributed by atoms with Crippen LogP contribution in [0.25, 0.3) is 11.1 Å². The fourth-order valence-electron chi connectivity index (χ4n) is 6.11. The fourth-order valence-corrected chi connectivity index (χ4v) is 6.11. The summed E-state index contributed by atoms with van der Waals surface area (Å²) in [5.74, 6) is -0.155. The van der Waals surface area contributed by atoms with Gasteiger partial charge in [0.15, 0.2) is 6.29 Å². The molecule has 0 spiro atoms. The number of carbonyl (C=O) groups is 1. The minimum atomic E-state index is -0.533. The first-order chi connectivity index (χ1) is 21.6. The van der Waals surface area contributed by atoms with Crippen molar-refractivity contribution in [2.24, 2.45) is 0 Å². The zero-order chi connectivity index (χ0) is 30.3. The maximum Gasteiger partial charge on any atom is 0.253 e. The van der Waals surface area contributed by atoms with Crippen molar-refractivity contribution < 1.29 is 24.5 Å². The standard InChI is InChI=1S/C36H39N3O5/c40-23-25-8-10-28(11-9-25)34-19-33(22-39-17-3-7-32(39)24-41)43-36(44-34)29-14-12-27(13-15-29)30-5-1-4-26(18-30)20-38-35(42)31-6-2-16-37-21-31/h1-2,4-6,8-16,18,21,32-34,36,40-41H,3,7,17,19-20,22-24H2,(H,38,42)/t32-,33+,34-,36-/m0/s1. The lowest BCUT2D eigenvalue weighted by Crippen LogP contribution is -2.42. The summed E-state index contributed by atoms with van der Waals surface area (Å²) in [4.78, 5) is 18.8. The highest BCUT2D eigenvalue weighted by molar-refractivity contribution is 5.93. The molecular formula is C36H39N3O5. The smallest absolute Gasteiger partial charge is 0.253 e. The van der Waals surface area contributed by atoms with Gasteiger partial charge in [0.05, 0.1) is 31.0 Å². The van der Waals surface area contributed by atoms with E-state index in [0.29, 0.717) is 18.5 Å². The number of hydrogen-bond donors (Lipinski definition) is 3. The van der Waals surface area contributed by atoms with E-state index in [4.69, 9.17) is 9.47 Å². The number of nitrogens with one attached hydrogen (secondary N) is 1. The van der Waals surface area contributed by atoms with Gasteiger partial charge in [-0.15, -0.1) is 0 Å². The van der Waals surface area contributed by atoms with Crippen molar-refractivity contribution in [2.75, 3.05) is 19.7 Å². The van der Waals surface area contributed by atoms with Gasteiger partial charge >= 0.3 is 0 Å². The number of likely N-dealkylation sites (tertiary alicyclic amines) is 1. The number of nitrogens with zero attached hydrogens (tertiary/aromatic N) is 2. The lowest BCUT2D eigenvalue weighted by atomic mass is 9.98. The second-order valence-electron chi connectivity index (χ2n) is 11.6. The van der Waals surface area contributed by atoms with E-state index in [9.17, 15) is 15.0 Å². The molecule has 3 heterocycles. The summed E-state index contributed by atoms with van der Waals surface area (Å²) in [5, 5.41) is 22.3. The van der Waals surface area contributed by atoms with Crippen molar-refractivity contribution in [2.45, 2.75) is 57.0 Å². The lowest BCUT2D eigenvalue weighted by Gasteiger charge is -2.38. The third-order valence-corrected chi connectivity index (χ3v) is 8.58. The van der Waals surface area contributed by atoms with Gasteiger partial charge in [-0.1, -0.05) is 66.7 Å². The van der Waals surface area contributed by atoms with Crippen LogP contribution >= 0.6 is 0 Å². The topological polar surface area (TPSA) is 104 Å². The van der Waals surface area contributed by atoms with Crippen LogP contribution in [0.5, 0.6) is 0 Å². The Balaban J connectivity index is 1.16. The molecule has 3 aromatic carbocycles. The number of aliphatic hydroxyl groups is 2. The Kier molecular flexibility index (Phi) is 9.75. The van der Waals surface area contributed by atoms with Gasteiger partial charge in [0, 0.05) is 43.5 Å². The molecule has 1 amide bonds. The molecule has 1 aromatic heterocycles. The molecule has 0 radical (unpaired) electrons. The number of rotatable bonds is 10. The quantitative estimate of drug-likeness (QED) is 0.233. The molecule has 228 valence electrons. The Morgan fingerprint density at radius 3 is 2.48 bits per heavy atom. The minimum Gasteiger partial charge on any atom is -0.395 e. The van der Waals surface area contributed by atoms with Gasteiger partial charge < -0.3 is 25.0 Å². The van der Waals surface area contributed by atoms with Crippen LogP contribution in [-0.4, -0.2) is 57.8 Å². The van der Waals surface area contributed by atoms with E-state index < -0.39 is 6.29 Å². The van der Waals surface area contributed by atoms with Crippen molar-refractivity contribution in [3.63, 3.8) is 0 Å². The van der Waals surface area contributed by atoms with E-state index in [0.717, 1.165) is 59.3 Å². The van der Waals surface area contributed by atoms with E-state index >= 15 is 0 Å². The first-order valence-electron chi connectivity index (χ1n) is 15.3. The SMILES string of the molecule is O=C(NCc1cccc(-c2ccc([C@H]3O[C@@H](CN4CCC[C@H]4CO)C[C@@H](c4ccc(CO)cc4)O3)cc2)c1)c1cccnc1. The van der Waals surface area contributed by atoms with Gasteiger partial charge in [-0.25, -0.2) is 0 Å². The maximum atomic E-state index is 12.5. The van der Waals surface area contributed by atoms with Crippen molar-refractivity contribution in [1.82, 2.24) is 15.2 Å². The predicted molar refractivity (Wildman–Crippen MR) is 167 cm³/mol. The molecule has 2 saturated heterocycles. The average Bonchev–Trinajstić information content (AvgIpc) is 3.54. The van der Waals surface area contributed by atoms with Gasteiger partial charge in [0.2, 0.25) is 0 Å². The number of pyridine rings is 1. The molecule has 3 N–H and O–H groups in total. The van der Waals surface area contributed by atoms with Crippen LogP contribution in [0.15, 0.2) is 97.3 Å². The minimum absolute atomic E-state index is 0.00691. The number of aliphatic hydroxyl groups excluding tert-OH is 2. The summed E-state index contributed by atoms with van der Waals surface area (Å²) >= 11 is 0. The Bertz CT molecular complexity index is 1510. The first-order valence-corrected chi connectivity index (χ1v) is 15.3. The number of ether oxygens (including phenoxy) is 2. The normalized spacial score (nSPS) is 22.1. The molecule has 0 bridgehead atoms. The number of aromatic nitrogens is 1. The lowest BCUT2D eigenvalue weighted by molar-refractivity contribution is -0.253. The van der Waals surface area contributed by atoms with Crippen LogP contribution in [0.2, 0.25) is 0 Å². The van der Waals surface area contributed by atoms with Crippen LogP contribution in [0, 0.1) is 0 Å². The van der Waals surface area contributed by atoms with Crippen LogP contribution in [0.1, 0.15) is 64.3 Å². The maximum absolute atomic E-state index is 12.5. The number of benzene rings is 3. The molecule has 2 fully saturated rings. The molecule has 4 aromatic rings. The summed E-state index contributed by atoms with van der Waals surface area (Å²) in [7, 11) is 0. The zero-order valence-electron chi connectivity index (χ0n) is 24.7. The van der Waals surface area contributed by atoms with Crippen LogP contribution in [0.3, 0.4) is 0 Å². The Hall–Kier alpha value is -3.92. The highest BCUT2D eigenvalue weighted by Crippen LogP contribution is 2.39. The molecule has 2 aliphatic rings. The molecular weight excluding hydrogens is 554 g/mol. The molecule has 8 heteroatoms. The van der Waals surface area contributed by atoms with E-state index in [1.165, 1.54) is 0 Å². The molecule has 0 unspecified atom stereocenters. The van der Waals surface area contributed by atoms with E-state index in [2.05, 4.69) is 51.6 Å². The van der Waals surface area contributed by atoms with E-state index in [1.54, 1.807) is 24.5 Å².